The van der Waals surface area contributed by atoms with E-state index in [9.17, 15) is 0 Å². The van der Waals surface area contributed by atoms with E-state index in [2.05, 4.69) is 36.8 Å². The molecule has 0 fully saturated rings. The SMILES string of the molecule is C=Cc1ccc(-c2cnn(CC#N)c2)c(C)c1. The summed E-state index contributed by atoms with van der Waals surface area (Å²) >= 11 is 0. The maximum absolute atomic E-state index is 8.60. The van der Waals surface area contributed by atoms with Crippen LogP contribution in [0, 0.1) is 18.3 Å². The molecule has 0 N–H and O–H groups in total. The van der Waals surface area contributed by atoms with Gasteiger partial charge in [-0.3, -0.25) is 4.68 Å². The molecule has 0 aliphatic carbocycles. The largest absolute Gasteiger partial charge is 0.258 e. The molecular weight excluding hydrogens is 210 g/mol. The molecule has 3 heteroatoms. The summed E-state index contributed by atoms with van der Waals surface area (Å²) in [4.78, 5) is 0. The Labute approximate surface area is 101 Å². The molecule has 3 nitrogen and oxygen atoms in total. The molecule has 2 rings (SSSR count). The average molecular weight is 223 g/mol. The Morgan fingerprint density at radius 2 is 2.35 bits per heavy atom. The first-order valence-corrected chi connectivity index (χ1v) is 5.37. The normalized spacial score (nSPS) is 9.88. The summed E-state index contributed by atoms with van der Waals surface area (Å²) in [5.74, 6) is 0. The van der Waals surface area contributed by atoms with Gasteiger partial charge in [0.1, 0.15) is 6.54 Å². The van der Waals surface area contributed by atoms with Gasteiger partial charge in [0.15, 0.2) is 0 Å². The second kappa shape index (κ2) is 4.67. The Bertz CT molecular complexity index is 588. The monoisotopic (exact) mass is 223 g/mol. The lowest BCUT2D eigenvalue weighted by Gasteiger charge is -2.04. The van der Waals surface area contributed by atoms with E-state index in [4.69, 9.17) is 5.26 Å². The van der Waals surface area contributed by atoms with Gasteiger partial charge in [0.05, 0.1) is 12.3 Å². The number of benzene rings is 1. The van der Waals surface area contributed by atoms with Crippen LogP contribution in [0.5, 0.6) is 0 Å². The quantitative estimate of drug-likeness (QED) is 0.802. The minimum atomic E-state index is 0.282. The zero-order chi connectivity index (χ0) is 12.3. The van der Waals surface area contributed by atoms with Crippen LogP contribution in [0.2, 0.25) is 0 Å². The molecule has 0 saturated heterocycles. The molecule has 0 atom stereocenters. The summed E-state index contributed by atoms with van der Waals surface area (Å²) in [6.07, 6.45) is 5.50. The third-order valence-electron chi connectivity index (χ3n) is 2.66. The van der Waals surface area contributed by atoms with Crippen molar-refractivity contribution in [1.29, 1.82) is 5.26 Å². The van der Waals surface area contributed by atoms with Crippen molar-refractivity contribution in [2.75, 3.05) is 0 Å². The van der Waals surface area contributed by atoms with Crippen LogP contribution in [-0.4, -0.2) is 9.78 Å². The molecule has 0 aliphatic heterocycles. The predicted molar refractivity (Wildman–Crippen MR) is 68.1 cm³/mol. The lowest BCUT2D eigenvalue weighted by Crippen LogP contribution is -1.94. The van der Waals surface area contributed by atoms with E-state index >= 15 is 0 Å². The van der Waals surface area contributed by atoms with Gasteiger partial charge >= 0.3 is 0 Å². The molecule has 1 heterocycles. The first-order valence-electron chi connectivity index (χ1n) is 5.37. The average Bonchev–Trinajstić information content (AvgIpc) is 2.78. The van der Waals surface area contributed by atoms with Gasteiger partial charge in [0.25, 0.3) is 0 Å². The van der Waals surface area contributed by atoms with Crippen LogP contribution in [0.3, 0.4) is 0 Å². The highest BCUT2D eigenvalue weighted by Crippen LogP contribution is 2.24. The van der Waals surface area contributed by atoms with Crippen molar-refractivity contribution >= 4 is 6.08 Å². The number of hydrogen-bond acceptors (Lipinski definition) is 2. The van der Waals surface area contributed by atoms with E-state index in [1.165, 1.54) is 5.56 Å². The van der Waals surface area contributed by atoms with E-state index in [0.29, 0.717) is 0 Å². The molecule has 1 aromatic carbocycles. The van der Waals surface area contributed by atoms with Crippen molar-refractivity contribution in [3.63, 3.8) is 0 Å². The number of hydrogen-bond donors (Lipinski definition) is 0. The number of aromatic nitrogens is 2. The second-order valence-electron chi connectivity index (χ2n) is 3.86. The molecular formula is C14H13N3. The zero-order valence-electron chi connectivity index (χ0n) is 9.72. The Balaban J connectivity index is 2.39. The number of nitriles is 1. The van der Waals surface area contributed by atoms with Crippen LogP contribution in [0.25, 0.3) is 17.2 Å². The standard InChI is InChI=1S/C14H13N3/c1-3-12-4-5-14(11(2)8-12)13-9-16-17(10-13)7-6-15/h3-5,8-10H,1,7H2,2H3. The fraction of sp³-hybridized carbons (Fsp3) is 0.143. The number of rotatable bonds is 3. The molecule has 0 amide bonds. The van der Waals surface area contributed by atoms with Crippen molar-refractivity contribution in [3.05, 3.63) is 48.3 Å². The van der Waals surface area contributed by atoms with Gasteiger partial charge in [-0.25, -0.2) is 0 Å². The maximum Gasteiger partial charge on any atom is 0.128 e. The Hall–Kier alpha value is -2.34. The van der Waals surface area contributed by atoms with Gasteiger partial charge < -0.3 is 0 Å². The predicted octanol–water partition coefficient (Wildman–Crippen LogP) is 3.03. The number of aryl methyl sites for hydroxylation is 1. The smallest absolute Gasteiger partial charge is 0.128 e. The van der Waals surface area contributed by atoms with E-state index < -0.39 is 0 Å². The van der Waals surface area contributed by atoms with Gasteiger partial charge in [-0.15, -0.1) is 0 Å². The van der Waals surface area contributed by atoms with Crippen LogP contribution in [-0.2, 0) is 6.54 Å². The molecule has 2 aromatic rings. The summed E-state index contributed by atoms with van der Waals surface area (Å²) in [5, 5.41) is 12.7. The van der Waals surface area contributed by atoms with E-state index in [1.54, 1.807) is 10.9 Å². The minimum Gasteiger partial charge on any atom is -0.258 e. The lowest BCUT2D eigenvalue weighted by atomic mass is 10.0. The highest BCUT2D eigenvalue weighted by atomic mass is 15.3. The summed E-state index contributed by atoms with van der Waals surface area (Å²) in [6, 6.07) is 8.24. The van der Waals surface area contributed by atoms with Crippen molar-refractivity contribution < 1.29 is 0 Å². The summed E-state index contributed by atoms with van der Waals surface area (Å²) in [7, 11) is 0. The van der Waals surface area contributed by atoms with E-state index in [1.807, 2.05) is 18.3 Å². The van der Waals surface area contributed by atoms with Crippen LogP contribution in [0.4, 0.5) is 0 Å². The summed E-state index contributed by atoms with van der Waals surface area (Å²) < 4.78 is 1.64. The molecule has 0 radical (unpaired) electrons. The van der Waals surface area contributed by atoms with Crippen LogP contribution in [0.15, 0.2) is 37.2 Å². The minimum absolute atomic E-state index is 0.282. The topological polar surface area (TPSA) is 41.6 Å². The molecule has 17 heavy (non-hydrogen) atoms. The zero-order valence-corrected chi connectivity index (χ0v) is 9.72. The number of nitrogens with zero attached hydrogens (tertiary/aromatic N) is 3. The first-order chi connectivity index (χ1) is 8.24. The molecule has 0 unspecified atom stereocenters. The summed E-state index contributed by atoms with van der Waals surface area (Å²) in [6.45, 7) is 6.09. The second-order valence-corrected chi connectivity index (χ2v) is 3.86. The third-order valence-corrected chi connectivity index (χ3v) is 2.66. The van der Waals surface area contributed by atoms with Crippen molar-refractivity contribution in [2.45, 2.75) is 13.5 Å². The molecule has 84 valence electrons. The Morgan fingerprint density at radius 3 is 3.00 bits per heavy atom. The Kier molecular flexibility index (Phi) is 3.06. The van der Waals surface area contributed by atoms with Crippen molar-refractivity contribution in [3.8, 4) is 17.2 Å². The van der Waals surface area contributed by atoms with E-state index in [-0.39, 0.29) is 6.54 Å². The fourth-order valence-corrected chi connectivity index (χ4v) is 1.80. The lowest BCUT2D eigenvalue weighted by molar-refractivity contribution is 0.710. The van der Waals surface area contributed by atoms with Crippen LogP contribution >= 0.6 is 0 Å². The molecule has 0 aliphatic rings. The van der Waals surface area contributed by atoms with Gasteiger partial charge in [-0.1, -0.05) is 30.9 Å². The van der Waals surface area contributed by atoms with Gasteiger partial charge in [-0.2, -0.15) is 10.4 Å². The third kappa shape index (κ3) is 2.26. The highest BCUT2D eigenvalue weighted by Gasteiger charge is 2.04. The van der Waals surface area contributed by atoms with Crippen LogP contribution < -0.4 is 0 Å². The van der Waals surface area contributed by atoms with Gasteiger partial charge in [0, 0.05) is 11.8 Å². The molecule has 0 spiro atoms. The molecule has 1 aromatic heterocycles. The Morgan fingerprint density at radius 1 is 1.53 bits per heavy atom. The maximum atomic E-state index is 8.60. The molecule has 0 bridgehead atoms. The van der Waals surface area contributed by atoms with Crippen molar-refractivity contribution in [1.82, 2.24) is 9.78 Å². The van der Waals surface area contributed by atoms with Gasteiger partial charge in [-0.05, 0) is 23.6 Å². The highest BCUT2D eigenvalue weighted by molar-refractivity contribution is 5.68. The van der Waals surface area contributed by atoms with Crippen molar-refractivity contribution in [2.24, 2.45) is 0 Å². The summed E-state index contributed by atoms with van der Waals surface area (Å²) in [5.41, 5.74) is 4.46. The fourth-order valence-electron chi connectivity index (χ4n) is 1.80. The van der Waals surface area contributed by atoms with Crippen LogP contribution in [0.1, 0.15) is 11.1 Å². The van der Waals surface area contributed by atoms with E-state index in [0.717, 1.165) is 16.7 Å². The first kappa shape index (κ1) is 11.2. The van der Waals surface area contributed by atoms with Gasteiger partial charge in [0.2, 0.25) is 0 Å². The molecule has 0 saturated carbocycles.